The van der Waals surface area contributed by atoms with Gasteiger partial charge in [-0.3, -0.25) is 0 Å². The molecule has 324 valence electrons. The molecular formula is C64H42N4O. The van der Waals surface area contributed by atoms with Crippen molar-refractivity contribution in [2.45, 2.75) is 26.2 Å². The van der Waals surface area contributed by atoms with Gasteiger partial charge in [-0.25, -0.2) is 4.85 Å². The first-order valence-corrected chi connectivity index (χ1v) is 23.3. The van der Waals surface area contributed by atoms with Gasteiger partial charge in [-0.1, -0.05) is 138 Å². The second kappa shape index (κ2) is 15.2. The minimum absolute atomic E-state index is 0.594. The van der Waals surface area contributed by atoms with E-state index in [9.17, 15) is 5.26 Å². The number of para-hydroxylation sites is 1. The Bertz CT molecular complexity index is 3950. The van der Waals surface area contributed by atoms with Crippen LogP contribution in [0.15, 0.2) is 205 Å². The van der Waals surface area contributed by atoms with Gasteiger partial charge in [-0.05, 0) is 144 Å². The molecule has 0 fully saturated rings. The molecule has 0 amide bonds. The summed E-state index contributed by atoms with van der Waals surface area (Å²) in [6, 6.07) is 73.7. The second-order valence-corrected chi connectivity index (χ2v) is 18.5. The smallest absolute Gasteiger partial charge is 0.187 e. The van der Waals surface area contributed by atoms with Crippen LogP contribution >= 0.6 is 0 Å². The normalized spacial score (nSPS) is 12.7. The molecule has 0 atom stereocenters. The highest BCUT2D eigenvalue weighted by Crippen LogP contribution is 2.67. The van der Waals surface area contributed by atoms with E-state index in [-0.39, 0.29) is 0 Å². The van der Waals surface area contributed by atoms with Crippen LogP contribution in [0.2, 0.25) is 0 Å². The predicted molar refractivity (Wildman–Crippen MR) is 282 cm³/mol. The molecule has 0 N–H and O–H groups in total. The Hall–Kier alpha value is -9.16. The number of anilines is 6. The van der Waals surface area contributed by atoms with E-state index < -0.39 is 5.41 Å². The van der Waals surface area contributed by atoms with Crippen LogP contribution in [-0.2, 0) is 5.41 Å². The number of furan rings is 1. The van der Waals surface area contributed by atoms with Gasteiger partial charge in [0.1, 0.15) is 11.2 Å². The lowest BCUT2D eigenvalue weighted by Crippen LogP contribution is -2.26. The second-order valence-electron chi connectivity index (χ2n) is 18.5. The number of aryl methyl sites for hydroxylation is 3. The molecule has 0 aliphatic heterocycles. The van der Waals surface area contributed by atoms with Crippen LogP contribution in [0.3, 0.4) is 0 Å². The van der Waals surface area contributed by atoms with E-state index in [1.54, 1.807) is 0 Å². The topological polar surface area (TPSA) is 47.8 Å². The minimum Gasteiger partial charge on any atom is -0.455 e. The van der Waals surface area contributed by atoms with Crippen molar-refractivity contribution in [3.05, 3.63) is 256 Å². The monoisotopic (exact) mass is 882 g/mol. The summed E-state index contributed by atoms with van der Waals surface area (Å²) in [4.78, 5) is 8.47. The zero-order valence-corrected chi connectivity index (χ0v) is 38.2. The highest BCUT2D eigenvalue weighted by Gasteiger charge is 2.54. The van der Waals surface area contributed by atoms with E-state index in [0.29, 0.717) is 11.3 Å². The number of hydrogen-bond donors (Lipinski definition) is 0. The van der Waals surface area contributed by atoms with E-state index >= 15 is 0 Å². The van der Waals surface area contributed by atoms with Gasteiger partial charge < -0.3 is 14.2 Å². The van der Waals surface area contributed by atoms with Gasteiger partial charge in [0.25, 0.3) is 0 Å². The Morgan fingerprint density at radius 3 is 1.59 bits per heavy atom. The van der Waals surface area contributed by atoms with E-state index in [2.05, 4.69) is 217 Å². The molecule has 69 heavy (non-hydrogen) atoms. The van der Waals surface area contributed by atoms with Gasteiger partial charge in [0.15, 0.2) is 5.69 Å². The standard InChI is InChI=1S/C64H42N4O/c1-39-17-26-44(27-18-39)67(47-32-24-43(66-4)25-33-47)57-36-55-60(52-35-41(3)21-34-50(52)57)62-56(64(55)53-14-8-5-11-48(53)49-12-6-9-15-54(49)64)37-58(61-51-13-7-10-16-59(51)69-63(61)62)68(45-28-19-40(2)20-29-45)46-30-22-42(38-65)23-31-46/h5-37H,1-3H3. The molecule has 10 aromatic carbocycles. The van der Waals surface area contributed by atoms with E-state index in [4.69, 9.17) is 11.0 Å². The van der Waals surface area contributed by atoms with Gasteiger partial charge in [0.05, 0.1) is 40.4 Å². The average Bonchev–Trinajstić information content (AvgIpc) is 4.02. The molecule has 1 aromatic heterocycles. The van der Waals surface area contributed by atoms with Gasteiger partial charge in [0.2, 0.25) is 0 Å². The molecule has 13 rings (SSSR count). The fourth-order valence-electron chi connectivity index (χ4n) is 11.4. The maximum Gasteiger partial charge on any atom is 0.187 e. The van der Waals surface area contributed by atoms with Gasteiger partial charge >= 0.3 is 0 Å². The number of benzene rings is 10. The van der Waals surface area contributed by atoms with Crippen LogP contribution in [0.1, 0.15) is 44.5 Å². The zero-order valence-electron chi connectivity index (χ0n) is 38.2. The van der Waals surface area contributed by atoms with Gasteiger partial charge in [0, 0.05) is 39.1 Å². The minimum atomic E-state index is -0.789. The van der Waals surface area contributed by atoms with Crippen LogP contribution < -0.4 is 9.80 Å². The van der Waals surface area contributed by atoms with Crippen molar-refractivity contribution in [1.82, 2.24) is 0 Å². The average molecular weight is 883 g/mol. The summed E-state index contributed by atoms with van der Waals surface area (Å²) in [6.07, 6.45) is 0. The fraction of sp³-hybridized carbons (Fsp3) is 0.0625. The van der Waals surface area contributed by atoms with E-state index in [1.165, 1.54) is 38.9 Å². The van der Waals surface area contributed by atoms with E-state index in [1.807, 2.05) is 24.3 Å². The summed E-state index contributed by atoms with van der Waals surface area (Å²) in [5.41, 5.74) is 20.9. The Labute approximate surface area is 400 Å². The van der Waals surface area contributed by atoms with Gasteiger partial charge in [-0.15, -0.1) is 0 Å². The largest absolute Gasteiger partial charge is 0.455 e. The van der Waals surface area contributed by atoms with Crippen molar-refractivity contribution in [2.75, 3.05) is 9.80 Å². The Morgan fingerprint density at radius 2 is 0.986 bits per heavy atom. The van der Waals surface area contributed by atoms with E-state index in [0.717, 1.165) is 89.1 Å². The summed E-state index contributed by atoms with van der Waals surface area (Å²) in [6.45, 7) is 14.2. The van der Waals surface area contributed by atoms with Crippen LogP contribution in [0.25, 0.3) is 59.8 Å². The lowest BCUT2D eigenvalue weighted by atomic mass is 9.70. The Balaban J connectivity index is 1.23. The molecule has 0 radical (unpaired) electrons. The van der Waals surface area contributed by atoms with Crippen LogP contribution in [0, 0.1) is 38.7 Å². The maximum atomic E-state index is 9.95. The summed E-state index contributed by atoms with van der Waals surface area (Å²) in [5.74, 6) is 0. The molecule has 1 spiro atoms. The third kappa shape index (κ3) is 5.81. The van der Waals surface area contributed by atoms with Crippen molar-refractivity contribution in [1.29, 1.82) is 5.26 Å². The van der Waals surface area contributed by atoms with Crippen LogP contribution in [0.4, 0.5) is 39.8 Å². The summed E-state index contributed by atoms with van der Waals surface area (Å²) in [7, 11) is 0. The van der Waals surface area contributed by atoms with Crippen LogP contribution in [0.5, 0.6) is 0 Å². The third-order valence-electron chi connectivity index (χ3n) is 14.5. The Morgan fingerprint density at radius 1 is 0.478 bits per heavy atom. The quantitative estimate of drug-likeness (QED) is 0.156. The van der Waals surface area contributed by atoms with Crippen molar-refractivity contribution in [3.63, 3.8) is 0 Å². The lowest BCUT2D eigenvalue weighted by molar-refractivity contribution is 0.669. The van der Waals surface area contributed by atoms with Gasteiger partial charge in [-0.2, -0.15) is 5.26 Å². The number of nitriles is 1. The predicted octanol–water partition coefficient (Wildman–Crippen LogP) is 17.4. The van der Waals surface area contributed by atoms with Crippen molar-refractivity contribution >= 4 is 72.5 Å². The van der Waals surface area contributed by atoms with Crippen molar-refractivity contribution in [2.24, 2.45) is 0 Å². The molecule has 2 aliphatic carbocycles. The molecule has 1 heterocycles. The molecular weight excluding hydrogens is 841 g/mol. The summed E-state index contributed by atoms with van der Waals surface area (Å²) >= 11 is 0. The fourth-order valence-corrected chi connectivity index (χ4v) is 11.4. The molecule has 0 unspecified atom stereocenters. The highest BCUT2D eigenvalue weighted by atomic mass is 16.3. The Kier molecular flexibility index (Phi) is 8.84. The summed E-state index contributed by atoms with van der Waals surface area (Å²) < 4.78 is 7.37. The maximum absolute atomic E-state index is 9.95. The molecule has 5 heteroatoms. The number of fused-ring (bicyclic) bond motifs is 16. The number of rotatable bonds is 6. The molecule has 2 aliphatic rings. The van der Waals surface area contributed by atoms with Crippen LogP contribution in [-0.4, -0.2) is 0 Å². The number of nitrogens with zero attached hydrogens (tertiary/aromatic N) is 4. The SMILES string of the molecule is [C-]#[N+]c1ccc(N(c2ccc(C)cc2)c2cc3c(c4cc(C)ccc24)-c2c(cc(N(c4ccc(C)cc4)c4ccc(C#N)cc4)c4c2oc2ccccc24)C32c3ccccc3-c3ccccc32)cc1. The number of hydrogen-bond acceptors (Lipinski definition) is 4. The molecule has 0 saturated heterocycles. The lowest BCUT2D eigenvalue weighted by Gasteiger charge is -2.34. The summed E-state index contributed by atoms with van der Waals surface area (Å²) in [5, 5.41) is 14.2. The molecule has 0 saturated carbocycles. The van der Waals surface area contributed by atoms with Crippen molar-refractivity contribution in [3.8, 4) is 28.3 Å². The first-order valence-electron chi connectivity index (χ1n) is 23.3. The van der Waals surface area contributed by atoms with Crippen molar-refractivity contribution < 1.29 is 4.42 Å². The highest BCUT2D eigenvalue weighted by molar-refractivity contribution is 6.23. The molecule has 5 nitrogen and oxygen atoms in total. The molecule has 0 bridgehead atoms. The first-order chi connectivity index (χ1) is 33.8. The first kappa shape index (κ1) is 40.1. The molecule has 11 aromatic rings. The third-order valence-corrected chi connectivity index (χ3v) is 14.5. The zero-order chi connectivity index (χ0) is 46.5.